The molecule has 1 fully saturated rings. The molecule has 0 N–H and O–H groups in total. The third kappa shape index (κ3) is 3.65. The molecule has 132 valence electrons. The zero-order chi connectivity index (χ0) is 18.0. The maximum Gasteiger partial charge on any atom is 0.274 e. The van der Waals surface area contributed by atoms with Crippen LogP contribution in [0.4, 0.5) is 5.69 Å². The summed E-state index contributed by atoms with van der Waals surface area (Å²) in [5.41, 5.74) is 0.953. The highest BCUT2D eigenvalue weighted by Crippen LogP contribution is 2.32. The fourth-order valence-corrected chi connectivity index (χ4v) is 3.25. The Bertz CT molecular complexity index is 845. The summed E-state index contributed by atoms with van der Waals surface area (Å²) in [5, 5.41) is 5.18. The summed E-state index contributed by atoms with van der Waals surface area (Å²) in [5.74, 6) is -0.168. The topological polar surface area (TPSA) is 58.4 Å². The molecular weight excluding hydrogens is 363 g/mol. The van der Waals surface area contributed by atoms with Crippen molar-refractivity contribution in [2.75, 3.05) is 31.1 Å². The molecule has 0 atom stereocenters. The largest absolute Gasteiger partial charge is 0.367 e. The molecule has 0 spiro atoms. The van der Waals surface area contributed by atoms with Crippen LogP contribution in [-0.4, -0.2) is 46.8 Å². The molecule has 2 aromatic rings. The Morgan fingerprint density at radius 3 is 2.52 bits per heavy atom. The number of rotatable bonds is 3. The third-order valence-electron chi connectivity index (χ3n) is 4.22. The molecule has 1 aliphatic heterocycles. The summed E-state index contributed by atoms with van der Waals surface area (Å²) in [6.07, 6.45) is 0. The molecule has 0 saturated carbocycles. The van der Waals surface area contributed by atoms with Gasteiger partial charge in [-0.05, 0) is 25.1 Å². The van der Waals surface area contributed by atoms with Gasteiger partial charge in [0, 0.05) is 38.8 Å². The zero-order valence-corrected chi connectivity index (χ0v) is 15.3. The Kier molecular flexibility index (Phi) is 5.30. The van der Waals surface area contributed by atoms with Crippen LogP contribution < -0.4 is 10.5 Å². The highest BCUT2D eigenvalue weighted by molar-refractivity contribution is 6.43. The van der Waals surface area contributed by atoms with Crippen molar-refractivity contribution in [1.29, 1.82) is 0 Å². The van der Waals surface area contributed by atoms with Gasteiger partial charge in [0.25, 0.3) is 11.5 Å². The van der Waals surface area contributed by atoms with Gasteiger partial charge < -0.3 is 9.80 Å². The Morgan fingerprint density at radius 1 is 1.12 bits per heavy atom. The number of amides is 1. The first-order valence-corrected chi connectivity index (χ1v) is 8.83. The van der Waals surface area contributed by atoms with Gasteiger partial charge in [-0.1, -0.05) is 29.3 Å². The van der Waals surface area contributed by atoms with Crippen LogP contribution in [-0.2, 0) is 6.54 Å². The summed E-state index contributed by atoms with van der Waals surface area (Å²) in [4.78, 5) is 28.1. The average molecular weight is 381 g/mol. The van der Waals surface area contributed by atoms with Crippen LogP contribution >= 0.6 is 23.2 Å². The number of halogens is 2. The van der Waals surface area contributed by atoms with E-state index in [2.05, 4.69) is 10.00 Å². The van der Waals surface area contributed by atoms with Gasteiger partial charge in [0.2, 0.25) is 0 Å². The highest BCUT2D eigenvalue weighted by atomic mass is 35.5. The number of anilines is 1. The summed E-state index contributed by atoms with van der Waals surface area (Å²) >= 11 is 12.3. The molecule has 1 aliphatic rings. The van der Waals surface area contributed by atoms with Crippen LogP contribution in [0.25, 0.3) is 0 Å². The predicted molar refractivity (Wildman–Crippen MR) is 98.7 cm³/mol. The quantitative estimate of drug-likeness (QED) is 0.820. The van der Waals surface area contributed by atoms with Gasteiger partial charge in [-0.15, -0.1) is 0 Å². The minimum absolute atomic E-state index is 0.168. The number of benzene rings is 1. The number of aromatic nitrogens is 2. The molecule has 3 rings (SSSR count). The molecule has 1 aromatic heterocycles. The van der Waals surface area contributed by atoms with E-state index < -0.39 is 0 Å². The molecule has 0 unspecified atom stereocenters. The lowest BCUT2D eigenvalue weighted by molar-refractivity contribution is 0.0738. The third-order valence-corrected chi connectivity index (χ3v) is 5.03. The summed E-state index contributed by atoms with van der Waals surface area (Å²) in [7, 11) is 0. The van der Waals surface area contributed by atoms with Gasteiger partial charge in [-0.25, -0.2) is 4.68 Å². The maximum atomic E-state index is 12.6. The minimum atomic E-state index is -0.209. The van der Waals surface area contributed by atoms with E-state index in [0.29, 0.717) is 42.8 Å². The molecule has 25 heavy (non-hydrogen) atoms. The molecule has 2 heterocycles. The summed E-state index contributed by atoms with van der Waals surface area (Å²) < 4.78 is 1.29. The van der Waals surface area contributed by atoms with Crippen LogP contribution in [0.3, 0.4) is 0 Å². The van der Waals surface area contributed by atoms with E-state index >= 15 is 0 Å². The first-order valence-electron chi connectivity index (χ1n) is 8.07. The average Bonchev–Trinajstić information content (AvgIpc) is 2.64. The Balaban J connectivity index is 1.71. The van der Waals surface area contributed by atoms with Crippen LogP contribution in [0.2, 0.25) is 10.0 Å². The lowest BCUT2D eigenvalue weighted by Crippen LogP contribution is -2.49. The first-order chi connectivity index (χ1) is 12.0. The van der Waals surface area contributed by atoms with Crippen LogP contribution in [0.15, 0.2) is 35.1 Å². The zero-order valence-electron chi connectivity index (χ0n) is 13.8. The van der Waals surface area contributed by atoms with Gasteiger partial charge in [0.1, 0.15) is 5.69 Å². The van der Waals surface area contributed by atoms with E-state index in [9.17, 15) is 9.59 Å². The maximum absolute atomic E-state index is 12.6. The second-order valence-corrected chi connectivity index (χ2v) is 6.51. The predicted octanol–water partition coefficient (Wildman–Crippen LogP) is 2.53. The number of nitrogens with zero attached hydrogens (tertiary/aromatic N) is 4. The number of aryl methyl sites for hydroxylation is 1. The molecule has 6 nitrogen and oxygen atoms in total. The second kappa shape index (κ2) is 7.45. The van der Waals surface area contributed by atoms with Crippen molar-refractivity contribution in [3.63, 3.8) is 0 Å². The van der Waals surface area contributed by atoms with Crippen molar-refractivity contribution in [2.24, 2.45) is 0 Å². The van der Waals surface area contributed by atoms with E-state index in [1.807, 2.05) is 19.1 Å². The monoisotopic (exact) mass is 380 g/mol. The summed E-state index contributed by atoms with van der Waals surface area (Å²) in [6.45, 7) is 4.65. The van der Waals surface area contributed by atoms with Gasteiger partial charge >= 0.3 is 0 Å². The van der Waals surface area contributed by atoms with E-state index in [4.69, 9.17) is 23.2 Å². The van der Waals surface area contributed by atoms with Crippen molar-refractivity contribution in [3.8, 4) is 0 Å². The van der Waals surface area contributed by atoms with E-state index in [0.717, 1.165) is 5.69 Å². The first kappa shape index (κ1) is 17.8. The smallest absolute Gasteiger partial charge is 0.274 e. The molecule has 1 amide bonds. The van der Waals surface area contributed by atoms with Crippen molar-refractivity contribution in [2.45, 2.75) is 13.5 Å². The highest BCUT2D eigenvalue weighted by Gasteiger charge is 2.24. The molecule has 1 aromatic carbocycles. The lowest BCUT2D eigenvalue weighted by atomic mass is 10.2. The summed E-state index contributed by atoms with van der Waals surface area (Å²) in [6, 6.07) is 8.40. The molecule has 0 radical (unpaired) electrons. The number of hydrogen-bond donors (Lipinski definition) is 0. The van der Waals surface area contributed by atoms with Crippen molar-refractivity contribution < 1.29 is 4.79 Å². The van der Waals surface area contributed by atoms with Crippen LogP contribution in [0.1, 0.15) is 17.4 Å². The van der Waals surface area contributed by atoms with E-state index in [1.165, 1.54) is 16.8 Å². The fourth-order valence-electron chi connectivity index (χ4n) is 2.84. The molecular formula is C17H18Cl2N4O2. The molecule has 0 bridgehead atoms. The SMILES string of the molecule is CCn1nc(C(=O)N2CCN(c3cccc(Cl)c3Cl)CC2)ccc1=O. The lowest BCUT2D eigenvalue weighted by Gasteiger charge is -2.36. The van der Waals surface area contributed by atoms with E-state index in [1.54, 1.807) is 11.0 Å². The Hall–Kier alpha value is -2.05. The number of piperazine rings is 1. The number of carbonyl (C=O) groups is 1. The molecule has 8 heteroatoms. The molecule has 1 saturated heterocycles. The van der Waals surface area contributed by atoms with Crippen LogP contribution in [0.5, 0.6) is 0 Å². The normalized spacial score (nSPS) is 14.7. The van der Waals surface area contributed by atoms with E-state index in [-0.39, 0.29) is 17.2 Å². The van der Waals surface area contributed by atoms with Crippen LogP contribution in [0, 0.1) is 0 Å². The Morgan fingerprint density at radius 2 is 1.84 bits per heavy atom. The van der Waals surface area contributed by atoms with Gasteiger partial charge in [-0.3, -0.25) is 9.59 Å². The minimum Gasteiger partial charge on any atom is -0.367 e. The molecule has 0 aliphatic carbocycles. The van der Waals surface area contributed by atoms with Crippen molar-refractivity contribution >= 4 is 34.8 Å². The second-order valence-electron chi connectivity index (χ2n) is 5.72. The number of carbonyl (C=O) groups excluding carboxylic acids is 1. The van der Waals surface area contributed by atoms with Gasteiger partial charge in [-0.2, -0.15) is 5.10 Å². The Labute approximate surface area is 155 Å². The van der Waals surface area contributed by atoms with Crippen molar-refractivity contribution in [3.05, 3.63) is 56.4 Å². The number of hydrogen-bond acceptors (Lipinski definition) is 4. The van der Waals surface area contributed by atoms with Gasteiger partial charge in [0.15, 0.2) is 0 Å². The van der Waals surface area contributed by atoms with Gasteiger partial charge in [0.05, 0.1) is 15.7 Å². The fraction of sp³-hybridized carbons (Fsp3) is 0.353. The standard InChI is InChI=1S/C17H18Cl2N4O2/c1-2-23-15(24)7-6-13(20-23)17(25)22-10-8-21(9-11-22)14-5-3-4-12(18)16(14)19/h3-7H,2,8-11H2,1H3. The van der Waals surface area contributed by atoms with Crippen molar-refractivity contribution in [1.82, 2.24) is 14.7 Å².